The van der Waals surface area contributed by atoms with E-state index < -0.39 is 0 Å². The van der Waals surface area contributed by atoms with Crippen molar-refractivity contribution in [1.29, 1.82) is 0 Å². The van der Waals surface area contributed by atoms with E-state index >= 15 is 0 Å². The molecule has 5 nitrogen and oxygen atoms in total. The molecule has 126 valence electrons. The fraction of sp³-hybridized carbons (Fsp3) is 0.263. The van der Waals surface area contributed by atoms with Crippen molar-refractivity contribution in [1.82, 2.24) is 10.6 Å². The average molecular weight is 326 g/mol. The van der Waals surface area contributed by atoms with Gasteiger partial charge >= 0.3 is 0 Å². The Balaban J connectivity index is 1.81. The van der Waals surface area contributed by atoms with Crippen molar-refractivity contribution in [3.8, 4) is 0 Å². The lowest BCUT2D eigenvalue weighted by Crippen LogP contribution is -2.39. The minimum Gasteiger partial charge on any atom is -0.396 e. The first kappa shape index (κ1) is 17.7. The van der Waals surface area contributed by atoms with Gasteiger partial charge in [0, 0.05) is 6.61 Å². The molecule has 0 saturated carbocycles. The summed E-state index contributed by atoms with van der Waals surface area (Å²) in [5.41, 5.74) is 1.83. The normalized spacial score (nSPS) is 11.5. The molecule has 1 unspecified atom stereocenters. The van der Waals surface area contributed by atoms with Gasteiger partial charge in [0.2, 0.25) is 11.8 Å². The Morgan fingerprint density at radius 1 is 0.917 bits per heavy atom. The van der Waals surface area contributed by atoms with E-state index in [4.69, 9.17) is 0 Å². The van der Waals surface area contributed by atoms with Gasteiger partial charge in [-0.25, -0.2) is 0 Å². The lowest BCUT2D eigenvalue weighted by Gasteiger charge is -2.18. The van der Waals surface area contributed by atoms with Gasteiger partial charge < -0.3 is 15.7 Å². The first-order valence-electron chi connectivity index (χ1n) is 7.95. The predicted molar refractivity (Wildman–Crippen MR) is 92.2 cm³/mol. The number of hydrogen-bond donors (Lipinski definition) is 3. The van der Waals surface area contributed by atoms with Gasteiger partial charge in [-0.3, -0.25) is 9.59 Å². The number of hydrogen-bond acceptors (Lipinski definition) is 3. The molecule has 0 heterocycles. The fourth-order valence-corrected chi connectivity index (χ4v) is 2.40. The highest BCUT2D eigenvalue weighted by Gasteiger charge is 2.14. The van der Waals surface area contributed by atoms with Crippen LogP contribution in [0.15, 0.2) is 60.7 Å². The van der Waals surface area contributed by atoms with Crippen LogP contribution in [0, 0.1) is 0 Å². The summed E-state index contributed by atoms with van der Waals surface area (Å²) in [6.07, 6.45) is 0.667. The van der Waals surface area contributed by atoms with Gasteiger partial charge in [0.25, 0.3) is 0 Å². The highest BCUT2D eigenvalue weighted by Crippen LogP contribution is 2.15. The van der Waals surface area contributed by atoms with E-state index in [1.807, 2.05) is 60.7 Å². The number of carbonyl (C=O) groups excluding carboxylic acids is 2. The zero-order valence-corrected chi connectivity index (χ0v) is 13.4. The second-order valence-electron chi connectivity index (χ2n) is 5.48. The second-order valence-corrected chi connectivity index (χ2v) is 5.48. The van der Waals surface area contributed by atoms with Gasteiger partial charge in [0.15, 0.2) is 0 Å². The smallest absolute Gasteiger partial charge is 0.239 e. The molecule has 2 rings (SSSR count). The highest BCUT2D eigenvalue weighted by molar-refractivity contribution is 5.85. The molecule has 2 amide bonds. The van der Waals surface area contributed by atoms with Crippen molar-refractivity contribution in [2.75, 3.05) is 13.2 Å². The Morgan fingerprint density at radius 2 is 1.54 bits per heavy atom. The lowest BCUT2D eigenvalue weighted by molar-refractivity contribution is -0.126. The van der Waals surface area contributed by atoms with Gasteiger partial charge in [0.1, 0.15) is 0 Å². The summed E-state index contributed by atoms with van der Waals surface area (Å²) in [7, 11) is 0. The number of benzene rings is 2. The molecular formula is C19H22N2O3. The van der Waals surface area contributed by atoms with Crippen LogP contribution in [0.1, 0.15) is 23.6 Å². The van der Waals surface area contributed by atoms with Crippen molar-refractivity contribution in [3.05, 3.63) is 71.8 Å². The van der Waals surface area contributed by atoms with Crippen molar-refractivity contribution >= 4 is 11.8 Å². The third-order valence-corrected chi connectivity index (χ3v) is 3.61. The van der Waals surface area contributed by atoms with Crippen LogP contribution in [-0.2, 0) is 16.0 Å². The summed E-state index contributed by atoms with van der Waals surface area (Å²) < 4.78 is 0. The number of carbonyl (C=O) groups is 2. The molecule has 1 atom stereocenters. The van der Waals surface area contributed by atoms with Crippen LogP contribution in [0.5, 0.6) is 0 Å². The van der Waals surface area contributed by atoms with E-state index in [0.717, 1.165) is 11.1 Å². The van der Waals surface area contributed by atoms with Gasteiger partial charge in [0.05, 0.1) is 19.0 Å². The number of amides is 2. The Bertz CT molecular complexity index is 644. The summed E-state index contributed by atoms with van der Waals surface area (Å²) in [5.74, 6) is -0.478. The van der Waals surface area contributed by atoms with Crippen molar-refractivity contribution in [2.24, 2.45) is 0 Å². The average Bonchev–Trinajstić information content (AvgIpc) is 2.61. The number of nitrogens with one attached hydrogen (secondary N) is 2. The Labute approximate surface area is 141 Å². The quantitative estimate of drug-likeness (QED) is 0.689. The van der Waals surface area contributed by atoms with Crippen molar-refractivity contribution in [2.45, 2.75) is 18.9 Å². The summed E-state index contributed by atoms with van der Waals surface area (Å²) in [6, 6.07) is 18.5. The molecule has 0 aliphatic rings. The summed E-state index contributed by atoms with van der Waals surface area (Å²) in [4.78, 5) is 23.9. The largest absolute Gasteiger partial charge is 0.396 e. The molecule has 0 saturated heterocycles. The maximum Gasteiger partial charge on any atom is 0.239 e. The van der Waals surface area contributed by atoms with Gasteiger partial charge in [-0.05, 0) is 17.5 Å². The van der Waals surface area contributed by atoms with Gasteiger partial charge in [-0.2, -0.15) is 0 Å². The van der Waals surface area contributed by atoms with E-state index in [1.165, 1.54) is 0 Å². The van der Waals surface area contributed by atoms with Gasteiger partial charge in [-0.1, -0.05) is 60.7 Å². The monoisotopic (exact) mass is 326 g/mol. The molecule has 0 radical (unpaired) electrons. The maximum absolute atomic E-state index is 12.1. The van der Waals surface area contributed by atoms with Crippen molar-refractivity contribution in [3.63, 3.8) is 0 Å². The van der Waals surface area contributed by atoms with E-state index in [2.05, 4.69) is 10.6 Å². The molecular weight excluding hydrogens is 304 g/mol. The van der Waals surface area contributed by atoms with Crippen LogP contribution in [0.25, 0.3) is 0 Å². The number of aliphatic hydroxyl groups is 1. The van der Waals surface area contributed by atoms with Crippen LogP contribution in [0.3, 0.4) is 0 Å². The topological polar surface area (TPSA) is 78.4 Å². The lowest BCUT2D eigenvalue weighted by atomic mass is 10.0. The second kappa shape index (κ2) is 9.47. The Morgan fingerprint density at radius 3 is 2.17 bits per heavy atom. The third kappa shape index (κ3) is 5.85. The third-order valence-electron chi connectivity index (χ3n) is 3.61. The summed E-state index contributed by atoms with van der Waals surface area (Å²) in [6.45, 7) is -0.110. The molecule has 0 aliphatic heterocycles. The summed E-state index contributed by atoms with van der Waals surface area (Å²) >= 11 is 0. The van der Waals surface area contributed by atoms with E-state index in [9.17, 15) is 14.7 Å². The molecule has 0 aromatic heterocycles. The van der Waals surface area contributed by atoms with Crippen LogP contribution < -0.4 is 10.6 Å². The molecule has 2 aromatic carbocycles. The first-order chi connectivity index (χ1) is 11.7. The zero-order valence-electron chi connectivity index (χ0n) is 13.4. The van der Waals surface area contributed by atoms with E-state index in [-0.39, 0.29) is 37.4 Å². The molecule has 0 spiro atoms. The Kier molecular flexibility index (Phi) is 6.98. The van der Waals surface area contributed by atoms with E-state index in [1.54, 1.807) is 0 Å². The van der Waals surface area contributed by atoms with Crippen LogP contribution in [0.2, 0.25) is 0 Å². The van der Waals surface area contributed by atoms with E-state index in [0.29, 0.717) is 6.42 Å². The predicted octanol–water partition coefficient (Wildman–Crippen LogP) is 1.59. The van der Waals surface area contributed by atoms with Crippen molar-refractivity contribution < 1.29 is 14.7 Å². The first-order valence-corrected chi connectivity index (χ1v) is 7.95. The van der Waals surface area contributed by atoms with Gasteiger partial charge in [-0.15, -0.1) is 0 Å². The minimum atomic E-state index is -0.279. The number of aliphatic hydroxyl groups excluding tert-OH is 1. The van der Waals surface area contributed by atoms with Crippen LogP contribution in [-0.4, -0.2) is 30.1 Å². The minimum absolute atomic E-state index is 0.0276. The van der Waals surface area contributed by atoms with Crippen LogP contribution in [0.4, 0.5) is 0 Å². The molecule has 3 N–H and O–H groups in total. The fourth-order valence-electron chi connectivity index (χ4n) is 2.40. The molecule has 24 heavy (non-hydrogen) atoms. The zero-order chi connectivity index (χ0) is 17.2. The maximum atomic E-state index is 12.1. The molecule has 5 heteroatoms. The summed E-state index contributed by atoms with van der Waals surface area (Å²) in [5, 5.41) is 14.6. The SMILES string of the molecule is O=C(Cc1ccccc1)NCC(=O)NC(CCO)c1ccccc1. The molecule has 0 aliphatic carbocycles. The number of rotatable bonds is 8. The van der Waals surface area contributed by atoms with Crippen LogP contribution >= 0.6 is 0 Å². The highest BCUT2D eigenvalue weighted by atomic mass is 16.3. The molecule has 0 fully saturated rings. The molecule has 0 bridgehead atoms. The molecule has 2 aromatic rings. The Hall–Kier alpha value is -2.66. The standard InChI is InChI=1S/C19H22N2O3/c22-12-11-17(16-9-5-2-6-10-16)21-19(24)14-20-18(23)13-15-7-3-1-4-8-15/h1-10,17,22H,11-14H2,(H,20,23)(H,21,24).